The molecule has 0 heterocycles. The molecule has 3 amide bonds. The van der Waals surface area contributed by atoms with Crippen molar-refractivity contribution >= 4 is 35.3 Å². The average Bonchev–Trinajstić information content (AvgIpc) is 2.65. The minimum Gasteiger partial charge on any atom is -0.465 e. The first-order valence-corrected chi connectivity index (χ1v) is 9.46. The molecule has 178 valence electrons. The Bertz CT molecular complexity index is 1050. The first-order chi connectivity index (χ1) is 15.2. The summed E-state index contributed by atoms with van der Waals surface area (Å²) in [5.41, 5.74) is -1.96. The Labute approximate surface area is 186 Å². The molecule has 0 fully saturated rings. The molecule has 2 aromatic carbocycles. The Hall–Kier alpha value is -3.96. The lowest BCUT2D eigenvalue weighted by Crippen LogP contribution is -2.36. The van der Waals surface area contributed by atoms with Gasteiger partial charge in [0.1, 0.15) is 5.60 Å². The van der Waals surface area contributed by atoms with Crippen LogP contribution in [0.4, 0.5) is 44.6 Å². The zero-order valence-corrected chi connectivity index (χ0v) is 17.9. The molecule has 0 aliphatic carbocycles. The Morgan fingerprint density at radius 2 is 1.55 bits per heavy atom. The fourth-order valence-electron chi connectivity index (χ4n) is 2.75. The van der Waals surface area contributed by atoms with Gasteiger partial charge in [0.25, 0.3) is 0 Å². The second-order valence-corrected chi connectivity index (χ2v) is 7.85. The van der Waals surface area contributed by atoms with E-state index in [1.54, 1.807) is 20.8 Å². The van der Waals surface area contributed by atoms with Crippen LogP contribution in [0.5, 0.6) is 0 Å². The van der Waals surface area contributed by atoms with Gasteiger partial charge in [0.05, 0.1) is 23.5 Å². The van der Waals surface area contributed by atoms with E-state index in [2.05, 4.69) is 0 Å². The first kappa shape index (κ1) is 25.3. The van der Waals surface area contributed by atoms with Gasteiger partial charge in [-0.25, -0.2) is 14.4 Å². The summed E-state index contributed by atoms with van der Waals surface area (Å²) in [5, 5.41) is 22.0. The van der Waals surface area contributed by atoms with Crippen molar-refractivity contribution in [2.24, 2.45) is 0 Å². The van der Waals surface area contributed by atoms with Crippen LogP contribution in [0, 0.1) is 0 Å². The third kappa shape index (κ3) is 7.59. The molecule has 0 unspecified atom stereocenters. The van der Waals surface area contributed by atoms with Crippen LogP contribution in [0.3, 0.4) is 0 Å². The lowest BCUT2D eigenvalue weighted by atomic mass is 10.1. The zero-order chi connectivity index (χ0) is 25.0. The number of nitrogens with one attached hydrogen (secondary N) is 2. The van der Waals surface area contributed by atoms with Crippen LogP contribution in [0.2, 0.25) is 0 Å². The highest BCUT2D eigenvalue weighted by Crippen LogP contribution is 2.32. The van der Waals surface area contributed by atoms with Crippen LogP contribution in [-0.4, -0.2) is 34.1 Å². The summed E-state index contributed by atoms with van der Waals surface area (Å²) in [4.78, 5) is 36.0. The Morgan fingerprint density at radius 1 is 0.939 bits per heavy atom. The van der Waals surface area contributed by atoms with Gasteiger partial charge in [-0.1, -0.05) is 12.1 Å². The van der Waals surface area contributed by atoms with E-state index in [1.807, 2.05) is 10.6 Å². The van der Waals surface area contributed by atoms with Crippen molar-refractivity contribution in [2.75, 3.05) is 15.5 Å². The number of halogens is 3. The lowest BCUT2D eigenvalue weighted by molar-refractivity contribution is -0.137. The summed E-state index contributed by atoms with van der Waals surface area (Å²) < 4.78 is 44.7. The number of benzene rings is 2. The van der Waals surface area contributed by atoms with Crippen LogP contribution in [0.25, 0.3) is 0 Å². The van der Waals surface area contributed by atoms with Gasteiger partial charge in [0.15, 0.2) is 0 Å². The summed E-state index contributed by atoms with van der Waals surface area (Å²) in [6.45, 7) is 4.47. The molecule has 0 radical (unpaired) electrons. The predicted octanol–water partition coefficient (Wildman–Crippen LogP) is 5.83. The highest BCUT2D eigenvalue weighted by atomic mass is 19.4. The van der Waals surface area contributed by atoms with E-state index >= 15 is 0 Å². The fourth-order valence-corrected chi connectivity index (χ4v) is 2.75. The van der Waals surface area contributed by atoms with Gasteiger partial charge in [-0.3, -0.25) is 15.5 Å². The number of nitrogens with zero attached hydrogens (tertiary/aromatic N) is 1. The molecule has 0 bridgehead atoms. The Kier molecular flexibility index (Phi) is 7.42. The van der Waals surface area contributed by atoms with E-state index in [1.165, 1.54) is 24.3 Å². The van der Waals surface area contributed by atoms with Crippen molar-refractivity contribution in [3.05, 3.63) is 53.6 Å². The molecule has 0 spiro atoms. The number of hydrogen-bond acceptors (Lipinski definition) is 4. The molecule has 0 aromatic heterocycles. The number of ether oxygens (including phenoxy) is 1. The van der Waals surface area contributed by atoms with E-state index in [-0.39, 0.29) is 29.2 Å². The number of hydrogen-bond donors (Lipinski definition) is 4. The fraction of sp³-hybridized carbons (Fsp3) is 0.286. The van der Waals surface area contributed by atoms with Crippen LogP contribution in [0.1, 0.15) is 31.9 Å². The summed E-state index contributed by atoms with van der Waals surface area (Å²) in [7, 11) is 0. The monoisotopic (exact) mass is 469 g/mol. The van der Waals surface area contributed by atoms with Crippen LogP contribution in [-0.2, 0) is 17.5 Å². The highest BCUT2D eigenvalue weighted by molar-refractivity contribution is 5.97. The molecular formula is C21H22F3N3O6. The number of carbonyl (C=O) groups excluding carboxylic acids is 1. The largest absolute Gasteiger partial charge is 0.465 e. The molecule has 0 saturated heterocycles. The summed E-state index contributed by atoms with van der Waals surface area (Å²) >= 11 is 0. The number of alkyl halides is 3. The maximum Gasteiger partial charge on any atom is 0.416 e. The molecule has 33 heavy (non-hydrogen) atoms. The normalized spacial score (nSPS) is 11.5. The molecule has 9 nitrogen and oxygen atoms in total. The van der Waals surface area contributed by atoms with Crippen LogP contribution >= 0.6 is 0 Å². The van der Waals surface area contributed by atoms with Gasteiger partial charge in [-0.2, -0.15) is 13.2 Å². The first-order valence-electron chi connectivity index (χ1n) is 9.46. The number of carboxylic acid groups (broad SMARTS) is 2. The van der Waals surface area contributed by atoms with Crippen molar-refractivity contribution in [3.8, 4) is 0 Å². The second kappa shape index (κ2) is 9.67. The van der Waals surface area contributed by atoms with Crippen molar-refractivity contribution < 1.29 is 42.5 Å². The predicted molar refractivity (Wildman–Crippen MR) is 114 cm³/mol. The standard InChI is InChI=1S/C21H22F3N3O6/c1-20(2,3)33-19(32)27(11-12-5-4-6-13(9-12)21(22,23)24)14-7-8-15(25-17(28)29)16(10-14)26-18(30)31/h4-10,25-26H,11H2,1-3H3,(H,28,29)(H,30,31). The Morgan fingerprint density at radius 3 is 2.09 bits per heavy atom. The topological polar surface area (TPSA) is 128 Å². The van der Waals surface area contributed by atoms with Gasteiger partial charge in [0, 0.05) is 5.69 Å². The SMILES string of the molecule is CC(C)(C)OC(=O)N(Cc1cccc(C(F)(F)F)c1)c1ccc(NC(=O)O)c(NC(=O)O)c1. The summed E-state index contributed by atoms with van der Waals surface area (Å²) in [5.74, 6) is 0. The Balaban J connectivity index is 2.53. The van der Waals surface area contributed by atoms with Gasteiger partial charge in [0.2, 0.25) is 0 Å². The smallest absolute Gasteiger partial charge is 0.416 e. The van der Waals surface area contributed by atoms with E-state index in [0.717, 1.165) is 23.1 Å². The second-order valence-electron chi connectivity index (χ2n) is 7.85. The molecule has 2 aromatic rings. The molecular weight excluding hydrogens is 447 g/mol. The zero-order valence-electron chi connectivity index (χ0n) is 17.9. The summed E-state index contributed by atoms with van der Waals surface area (Å²) in [6.07, 6.45) is -8.44. The third-order valence-corrected chi connectivity index (χ3v) is 4.01. The van der Waals surface area contributed by atoms with Crippen molar-refractivity contribution in [1.82, 2.24) is 0 Å². The average molecular weight is 469 g/mol. The molecule has 0 atom stereocenters. The van der Waals surface area contributed by atoms with Gasteiger partial charge >= 0.3 is 24.5 Å². The van der Waals surface area contributed by atoms with Gasteiger partial charge < -0.3 is 14.9 Å². The molecule has 0 saturated carbocycles. The van der Waals surface area contributed by atoms with E-state index in [0.29, 0.717) is 0 Å². The van der Waals surface area contributed by atoms with Crippen molar-refractivity contribution in [2.45, 2.75) is 39.1 Å². The minimum absolute atomic E-state index is 0.0568. The minimum atomic E-state index is -4.59. The maximum atomic E-state index is 13.1. The van der Waals surface area contributed by atoms with E-state index in [9.17, 15) is 27.6 Å². The van der Waals surface area contributed by atoms with E-state index < -0.39 is 35.6 Å². The van der Waals surface area contributed by atoms with E-state index in [4.69, 9.17) is 14.9 Å². The van der Waals surface area contributed by atoms with Gasteiger partial charge in [-0.05, 0) is 56.7 Å². The molecule has 0 aliphatic heterocycles. The number of carbonyl (C=O) groups is 3. The highest BCUT2D eigenvalue weighted by Gasteiger charge is 2.31. The molecule has 4 N–H and O–H groups in total. The third-order valence-electron chi connectivity index (χ3n) is 4.01. The van der Waals surface area contributed by atoms with Crippen LogP contribution in [0.15, 0.2) is 42.5 Å². The van der Waals surface area contributed by atoms with Crippen molar-refractivity contribution in [3.63, 3.8) is 0 Å². The van der Waals surface area contributed by atoms with Crippen LogP contribution < -0.4 is 15.5 Å². The lowest BCUT2D eigenvalue weighted by Gasteiger charge is -2.28. The number of anilines is 3. The maximum absolute atomic E-state index is 13.1. The van der Waals surface area contributed by atoms with Gasteiger partial charge in [-0.15, -0.1) is 0 Å². The molecule has 0 aliphatic rings. The number of rotatable bonds is 5. The van der Waals surface area contributed by atoms with Crippen molar-refractivity contribution in [1.29, 1.82) is 0 Å². The summed E-state index contributed by atoms with van der Waals surface area (Å²) in [6, 6.07) is 8.04. The molecule has 12 heteroatoms. The number of amides is 3. The quantitative estimate of drug-likeness (QED) is 0.436. The molecule has 2 rings (SSSR count).